The zero-order valence-electron chi connectivity index (χ0n) is 16.2. The molecule has 5 rings (SSSR count). The Morgan fingerprint density at radius 3 is 2.85 bits per heavy atom. The van der Waals surface area contributed by atoms with Crippen LogP contribution in [0.2, 0.25) is 0 Å². The third-order valence-electron chi connectivity index (χ3n) is 8.08. The lowest BCUT2D eigenvalue weighted by molar-refractivity contribution is -0.110. The topological polar surface area (TPSA) is 30.0 Å². The number of nitrogens with zero attached hydrogens (tertiary/aromatic N) is 1. The van der Waals surface area contributed by atoms with Gasteiger partial charge in [-0.1, -0.05) is 44.2 Å². The lowest BCUT2D eigenvalue weighted by Crippen LogP contribution is -2.49. The minimum absolute atomic E-state index is 0.0354. The molecule has 0 saturated heterocycles. The molecule has 27 heavy (non-hydrogen) atoms. The molecule has 0 radical (unpaired) electrons. The molecule has 1 aromatic rings. The van der Waals surface area contributed by atoms with Crippen LogP contribution in [0.3, 0.4) is 0 Å². The fourth-order valence-electron chi connectivity index (χ4n) is 6.75. The van der Waals surface area contributed by atoms with Gasteiger partial charge in [0.15, 0.2) is 5.78 Å². The Morgan fingerprint density at radius 1 is 1.22 bits per heavy atom. The van der Waals surface area contributed by atoms with Gasteiger partial charge >= 0.3 is 0 Å². The van der Waals surface area contributed by atoms with Crippen LogP contribution in [0.4, 0.5) is 0 Å². The van der Waals surface area contributed by atoms with Gasteiger partial charge in [-0.2, -0.15) is 0 Å². The number of pyridine rings is 1. The summed E-state index contributed by atoms with van der Waals surface area (Å²) < 4.78 is 0. The minimum atomic E-state index is -0.0354. The first-order valence-electron chi connectivity index (χ1n) is 10.2. The summed E-state index contributed by atoms with van der Waals surface area (Å²) >= 11 is 0. The summed E-state index contributed by atoms with van der Waals surface area (Å²) in [5.74, 6) is 1.98. The smallest absolute Gasteiger partial charge is 0.178 e. The van der Waals surface area contributed by atoms with Gasteiger partial charge in [0.2, 0.25) is 0 Å². The Balaban J connectivity index is 1.53. The van der Waals surface area contributed by atoms with E-state index >= 15 is 0 Å². The van der Waals surface area contributed by atoms with E-state index in [4.69, 9.17) is 0 Å². The van der Waals surface area contributed by atoms with Gasteiger partial charge in [0.25, 0.3) is 0 Å². The number of allylic oxidation sites excluding steroid dienone is 7. The SMILES string of the molecule is C=C1C[C@@H]2[C@H](CC[C@]3(C)C(c4cccnc4)=CC[C@@H]23)[C@@]2(C)C=CC(=O)C=C12. The van der Waals surface area contributed by atoms with E-state index in [1.807, 2.05) is 24.5 Å². The molecule has 0 spiro atoms. The zero-order valence-corrected chi connectivity index (χ0v) is 16.2. The average Bonchev–Trinajstić information content (AvgIpc) is 3.01. The molecule has 2 heteroatoms. The van der Waals surface area contributed by atoms with Gasteiger partial charge in [0.1, 0.15) is 0 Å². The Labute approximate surface area is 161 Å². The lowest BCUT2D eigenvalue weighted by atomic mass is 9.47. The van der Waals surface area contributed by atoms with E-state index in [2.05, 4.69) is 43.6 Å². The van der Waals surface area contributed by atoms with Crippen LogP contribution in [0.1, 0.15) is 45.1 Å². The fraction of sp³-hybridized carbons (Fsp3) is 0.440. The van der Waals surface area contributed by atoms with Crippen molar-refractivity contribution < 1.29 is 4.79 Å². The molecular formula is C25H27NO. The number of carbonyl (C=O) groups is 1. The molecule has 0 aliphatic heterocycles. The predicted octanol–water partition coefficient (Wildman–Crippen LogP) is 5.55. The Morgan fingerprint density at radius 2 is 2.07 bits per heavy atom. The van der Waals surface area contributed by atoms with Gasteiger partial charge in [-0.25, -0.2) is 0 Å². The van der Waals surface area contributed by atoms with Gasteiger partial charge in [-0.15, -0.1) is 0 Å². The molecule has 0 N–H and O–H groups in total. The normalized spacial score (nSPS) is 40.0. The Bertz CT molecular complexity index is 921. The maximum absolute atomic E-state index is 12.0. The molecule has 2 nitrogen and oxygen atoms in total. The predicted molar refractivity (Wildman–Crippen MR) is 109 cm³/mol. The van der Waals surface area contributed by atoms with E-state index in [-0.39, 0.29) is 16.6 Å². The molecule has 4 aliphatic rings. The molecule has 1 aromatic heterocycles. The second-order valence-corrected chi connectivity index (χ2v) is 9.31. The summed E-state index contributed by atoms with van der Waals surface area (Å²) in [4.78, 5) is 16.3. The summed E-state index contributed by atoms with van der Waals surface area (Å²) in [7, 11) is 0. The van der Waals surface area contributed by atoms with Gasteiger partial charge in [0, 0.05) is 17.8 Å². The van der Waals surface area contributed by atoms with Crippen molar-refractivity contribution in [3.05, 3.63) is 72.1 Å². The maximum atomic E-state index is 12.0. The quantitative estimate of drug-likeness (QED) is 0.659. The van der Waals surface area contributed by atoms with E-state index in [1.54, 1.807) is 6.08 Å². The molecule has 0 bridgehead atoms. The lowest BCUT2D eigenvalue weighted by Gasteiger charge is -2.57. The van der Waals surface area contributed by atoms with E-state index in [0.717, 1.165) is 12.8 Å². The number of ketones is 1. The number of fused-ring (bicyclic) bond motifs is 5. The highest BCUT2D eigenvalue weighted by molar-refractivity contribution is 6.01. The molecule has 2 fully saturated rings. The van der Waals surface area contributed by atoms with Crippen LogP contribution in [0.5, 0.6) is 0 Å². The van der Waals surface area contributed by atoms with Gasteiger partial charge in [-0.3, -0.25) is 9.78 Å². The van der Waals surface area contributed by atoms with Gasteiger partial charge in [0.05, 0.1) is 0 Å². The van der Waals surface area contributed by atoms with Crippen LogP contribution in [0.25, 0.3) is 5.57 Å². The molecule has 0 unspecified atom stereocenters. The largest absolute Gasteiger partial charge is 0.290 e. The Hall–Kier alpha value is -2.22. The molecule has 0 amide bonds. The molecule has 5 atom stereocenters. The molecule has 1 heterocycles. The summed E-state index contributed by atoms with van der Waals surface area (Å²) in [5, 5.41) is 0. The van der Waals surface area contributed by atoms with E-state index in [1.165, 1.54) is 35.1 Å². The fourth-order valence-corrected chi connectivity index (χ4v) is 6.75. The number of aromatic nitrogens is 1. The van der Waals surface area contributed by atoms with Crippen molar-refractivity contribution in [1.82, 2.24) is 4.98 Å². The standard InChI is InChI=1S/C25H27NO/c1-16-13-19-21-7-6-20(17-5-4-12-26-15-17)24(21,2)11-9-22(19)25(3)10-8-18(27)14-23(16)25/h4-6,8,10,12,14-15,19,21-22H,1,7,9,11,13H2,2-3H3/t19-,21-,22-,24+,25+/m0/s1. The minimum Gasteiger partial charge on any atom is -0.290 e. The third-order valence-corrected chi connectivity index (χ3v) is 8.08. The van der Waals surface area contributed by atoms with Crippen molar-refractivity contribution in [2.75, 3.05) is 0 Å². The van der Waals surface area contributed by atoms with Crippen molar-refractivity contribution in [1.29, 1.82) is 0 Å². The highest BCUT2D eigenvalue weighted by Crippen LogP contribution is 2.66. The van der Waals surface area contributed by atoms with Crippen molar-refractivity contribution >= 4 is 11.4 Å². The van der Waals surface area contributed by atoms with E-state index in [0.29, 0.717) is 17.8 Å². The first kappa shape index (κ1) is 16.9. The molecule has 2 saturated carbocycles. The van der Waals surface area contributed by atoms with Crippen LogP contribution in [-0.4, -0.2) is 10.8 Å². The summed E-state index contributed by atoms with van der Waals surface area (Å²) in [6.07, 6.45) is 16.7. The highest BCUT2D eigenvalue weighted by atomic mass is 16.1. The van der Waals surface area contributed by atoms with Crippen molar-refractivity contribution in [2.45, 2.75) is 39.5 Å². The monoisotopic (exact) mass is 357 g/mol. The van der Waals surface area contributed by atoms with Crippen LogP contribution >= 0.6 is 0 Å². The molecule has 4 aliphatic carbocycles. The zero-order chi connectivity index (χ0) is 18.8. The van der Waals surface area contributed by atoms with Gasteiger partial charge < -0.3 is 0 Å². The Kier molecular flexibility index (Phi) is 3.53. The highest BCUT2D eigenvalue weighted by Gasteiger charge is 2.57. The van der Waals surface area contributed by atoms with Crippen molar-refractivity contribution in [2.24, 2.45) is 28.6 Å². The van der Waals surface area contributed by atoms with Crippen LogP contribution in [0, 0.1) is 28.6 Å². The number of rotatable bonds is 1. The van der Waals surface area contributed by atoms with Gasteiger partial charge in [-0.05, 0) is 83.8 Å². The third kappa shape index (κ3) is 2.25. The summed E-state index contributed by atoms with van der Waals surface area (Å²) in [5.41, 5.74) is 5.33. The van der Waals surface area contributed by atoms with Crippen molar-refractivity contribution in [3.8, 4) is 0 Å². The molecule has 138 valence electrons. The first-order chi connectivity index (χ1) is 12.9. The van der Waals surface area contributed by atoms with Crippen LogP contribution in [0.15, 0.2) is 66.6 Å². The summed E-state index contributed by atoms with van der Waals surface area (Å²) in [6.45, 7) is 9.20. The van der Waals surface area contributed by atoms with E-state index < -0.39 is 0 Å². The molecule has 0 aromatic carbocycles. The number of hydrogen-bond acceptors (Lipinski definition) is 2. The number of carbonyl (C=O) groups excluding carboxylic acids is 1. The average molecular weight is 357 g/mol. The maximum Gasteiger partial charge on any atom is 0.178 e. The molecular weight excluding hydrogens is 330 g/mol. The van der Waals surface area contributed by atoms with Crippen LogP contribution in [-0.2, 0) is 4.79 Å². The van der Waals surface area contributed by atoms with Crippen LogP contribution < -0.4 is 0 Å². The summed E-state index contributed by atoms with van der Waals surface area (Å²) in [6, 6.07) is 4.25. The second kappa shape index (κ2) is 5.64. The van der Waals surface area contributed by atoms with E-state index in [9.17, 15) is 4.79 Å². The second-order valence-electron chi connectivity index (χ2n) is 9.31. The first-order valence-corrected chi connectivity index (χ1v) is 10.2. The number of hydrogen-bond donors (Lipinski definition) is 0. The van der Waals surface area contributed by atoms with Crippen molar-refractivity contribution in [3.63, 3.8) is 0 Å².